The molecule has 7 heteroatoms. The van der Waals surface area contributed by atoms with Gasteiger partial charge in [-0.3, -0.25) is 14.5 Å². The van der Waals surface area contributed by atoms with E-state index in [0.29, 0.717) is 44.8 Å². The van der Waals surface area contributed by atoms with Crippen LogP contribution in [0.3, 0.4) is 0 Å². The Morgan fingerprint density at radius 3 is 2.46 bits per heavy atom. The van der Waals surface area contributed by atoms with Crippen LogP contribution in [-0.4, -0.2) is 72.2 Å². The number of phenolic OH excluding ortho intramolecular Hbond substituents is 1. The number of likely N-dealkylation sites (tertiary alicyclic amines) is 1. The van der Waals surface area contributed by atoms with Gasteiger partial charge in [0, 0.05) is 19.0 Å². The number of anilines is 1. The summed E-state index contributed by atoms with van der Waals surface area (Å²) in [6.07, 6.45) is 1.42. The quantitative estimate of drug-likeness (QED) is 0.790. The lowest BCUT2D eigenvalue weighted by molar-refractivity contribution is -0.141. The molecule has 0 unspecified atom stereocenters. The number of aromatic hydroxyl groups is 1. The average molecular weight is 361 g/mol. The smallest absolute Gasteiger partial charge is 0.239 e. The Kier molecular flexibility index (Phi) is 6.11. The van der Waals surface area contributed by atoms with Crippen molar-refractivity contribution in [3.05, 3.63) is 24.3 Å². The van der Waals surface area contributed by atoms with E-state index in [1.807, 2.05) is 11.8 Å². The predicted molar refractivity (Wildman–Crippen MR) is 97.9 cm³/mol. The zero-order valence-electron chi connectivity index (χ0n) is 15.2. The van der Waals surface area contributed by atoms with Gasteiger partial charge in [-0.05, 0) is 45.0 Å². The molecule has 2 fully saturated rings. The SMILES string of the molecule is C[C@H](C(=O)N1CCOCC1)N1CCC(C(=O)Nc2ccccc2O)CC1. The van der Waals surface area contributed by atoms with E-state index < -0.39 is 0 Å². The van der Waals surface area contributed by atoms with Crippen molar-refractivity contribution in [2.24, 2.45) is 5.92 Å². The summed E-state index contributed by atoms with van der Waals surface area (Å²) in [5.74, 6) is 0.0447. The molecular formula is C19H27N3O4. The Hall–Kier alpha value is -2.12. The second-order valence-corrected chi connectivity index (χ2v) is 6.93. The van der Waals surface area contributed by atoms with Crippen LogP contribution in [0.5, 0.6) is 5.75 Å². The first-order valence-corrected chi connectivity index (χ1v) is 9.25. The predicted octanol–water partition coefficient (Wildman–Crippen LogP) is 1.29. The summed E-state index contributed by atoms with van der Waals surface area (Å²) >= 11 is 0. The fraction of sp³-hybridized carbons (Fsp3) is 0.579. The number of para-hydroxylation sites is 2. The maximum Gasteiger partial charge on any atom is 0.239 e. The zero-order chi connectivity index (χ0) is 18.5. The Labute approximate surface area is 153 Å². The van der Waals surface area contributed by atoms with Crippen LogP contribution in [0, 0.1) is 5.92 Å². The summed E-state index contributed by atoms with van der Waals surface area (Å²) < 4.78 is 5.30. The molecule has 2 amide bonds. The minimum Gasteiger partial charge on any atom is -0.506 e. The second-order valence-electron chi connectivity index (χ2n) is 6.93. The molecule has 2 N–H and O–H groups in total. The number of rotatable bonds is 4. The highest BCUT2D eigenvalue weighted by molar-refractivity contribution is 5.94. The maximum atomic E-state index is 12.6. The van der Waals surface area contributed by atoms with Crippen molar-refractivity contribution in [1.82, 2.24) is 9.80 Å². The van der Waals surface area contributed by atoms with Gasteiger partial charge in [-0.2, -0.15) is 0 Å². The van der Waals surface area contributed by atoms with E-state index in [0.717, 1.165) is 13.1 Å². The molecule has 0 aliphatic carbocycles. The van der Waals surface area contributed by atoms with E-state index in [9.17, 15) is 14.7 Å². The molecule has 2 aliphatic rings. The molecule has 1 aromatic carbocycles. The van der Waals surface area contributed by atoms with Crippen LogP contribution < -0.4 is 5.32 Å². The third-order valence-corrected chi connectivity index (χ3v) is 5.29. The Morgan fingerprint density at radius 1 is 1.15 bits per heavy atom. The standard InChI is InChI=1S/C19H27N3O4/c1-14(19(25)22-10-12-26-13-11-22)21-8-6-15(7-9-21)18(24)20-16-4-2-3-5-17(16)23/h2-5,14-15,23H,6-13H2,1H3,(H,20,24)/t14-/m1/s1. The van der Waals surface area contributed by atoms with Gasteiger partial charge in [0.2, 0.25) is 11.8 Å². The molecule has 0 bridgehead atoms. The Morgan fingerprint density at radius 2 is 1.81 bits per heavy atom. The monoisotopic (exact) mass is 361 g/mol. The largest absolute Gasteiger partial charge is 0.506 e. The molecule has 0 radical (unpaired) electrons. The lowest BCUT2D eigenvalue weighted by Crippen LogP contribution is -2.52. The van der Waals surface area contributed by atoms with Crippen molar-refractivity contribution < 1.29 is 19.4 Å². The van der Waals surface area contributed by atoms with Gasteiger partial charge in [0.1, 0.15) is 5.75 Å². The van der Waals surface area contributed by atoms with Crippen LogP contribution >= 0.6 is 0 Å². The summed E-state index contributed by atoms with van der Waals surface area (Å²) in [5.41, 5.74) is 0.441. The van der Waals surface area contributed by atoms with Gasteiger partial charge in [0.05, 0.1) is 24.9 Å². The topological polar surface area (TPSA) is 82.1 Å². The van der Waals surface area contributed by atoms with Crippen molar-refractivity contribution in [1.29, 1.82) is 0 Å². The van der Waals surface area contributed by atoms with Gasteiger partial charge >= 0.3 is 0 Å². The van der Waals surface area contributed by atoms with Gasteiger partial charge in [-0.15, -0.1) is 0 Å². The number of amides is 2. The average Bonchev–Trinajstić information content (AvgIpc) is 2.69. The van der Waals surface area contributed by atoms with E-state index in [1.165, 1.54) is 0 Å². The number of hydrogen-bond donors (Lipinski definition) is 2. The Balaban J connectivity index is 1.49. The van der Waals surface area contributed by atoms with Crippen molar-refractivity contribution in [2.75, 3.05) is 44.7 Å². The number of benzene rings is 1. The lowest BCUT2D eigenvalue weighted by atomic mass is 9.94. The first kappa shape index (κ1) is 18.7. The number of hydrogen-bond acceptors (Lipinski definition) is 5. The molecule has 1 atom stereocenters. The van der Waals surface area contributed by atoms with E-state index in [4.69, 9.17) is 4.74 Å². The zero-order valence-corrected chi connectivity index (χ0v) is 15.2. The van der Waals surface area contributed by atoms with Gasteiger partial charge in [0.25, 0.3) is 0 Å². The highest BCUT2D eigenvalue weighted by atomic mass is 16.5. The Bertz CT molecular complexity index is 637. The van der Waals surface area contributed by atoms with Crippen LogP contribution in [0.2, 0.25) is 0 Å². The fourth-order valence-electron chi connectivity index (χ4n) is 3.57. The van der Waals surface area contributed by atoms with Crippen molar-refractivity contribution in [3.63, 3.8) is 0 Å². The van der Waals surface area contributed by atoms with Gasteiger partial charge in [-0.25, -0.2) is 0 Å². The third-order valence-electron chi connectivity index (χ3n) is 5.29. The molecule has 0 spiro atoms. The lowest BCUT2D eigenvalue weighted by Gasteiger charge is -2.37. The molecule has 26 heavy (non-hydrogen) atoms. The maximum absolute atomic E-state index is 12.6. The first-order chi connectivity index (χ1) is 12.6. The number of carbonyl (C=O) groups is 2. The highest BCUT2D eigenvalue weighted by Gasteiger charge is 2.32. The number of carbonyl (C=O) groups excluding carboxylic acids is 2. The van der Waals surface area contributed by atoms with E-state index in [2.05, 4.69) is 10.2 Å². The number of piperidine rings is 1. The van der Waals surface area contributed by atoms with Crippen molar-refractivity contribution in [2.45, 2.75) is 25.8 Å². The third kappa shape index (κ3) is 4.34. The van der Waals surface area contributed by atoms with Gasteiger partial charge in [0.15, 0.2) is 0 Å². The minimum absolute atomic E-state index is 0.0710. The van der Waals surface area contributed by atoms with Gasteiger partial charge in [-0.1, -0.05) is 12.1 Å². The summed E-state index contributed by atoms with van der Waals surface area (Å²) in [7, 11) is 0. The molecule has 2 saturated heterocycles. The van der Waals surface area contributed by atoms with Crippen LogP contribution in [-0.2, 0) is 14.3 Å². The molecule has 142 valence electrons. The number of morpholine rings is 1. The molecule has 0 aromatic heterocycles. The number of nitrogens with zero attached hydrogens (tertiary/aromatic N) is 2. The molecule has 3 rings (SSSR count). The minimum atomic E-state index is -0.171. The van der Waals surface area contributed by atoms with Crippen molar-refractivity contribution in [3.8, 4) is 5.75 Å². The number of phenols is 1. The number of ether oxygens (including phenoxy) is 1. The molecule has 2 heterocycles. The summed E-state index contributed by atoms with van der Waals surface area (Å²) in [6.45, 7) is 5.90. The van der Waals surface area contributed by atoms with Crippen LogP contribution in [0.1, 0.15) is 19.8 Å². The highest BCUT2D eigenvalue weighted by Crippen LogP contribution is 2.25. The normalized spacial score (nSPS) is 20.6. The van der Waals surface area contributed by atoms with Crippen LogP contribution in [0.4, 0.5) is 5.69 Å². The first-order valence-electron chi connectivity index (χ1n) is 9.25. The number of nitrogens with one attached hydrogen (secondary N) is 1. The molecule has 1 aromatic rings. The summed E-state index contributed by atoms with van der Waals surface area (Å²) in [5, 5.41) is 12.6. The van der Waals surface area contributed by atoms with E-state index in [1.54, 1.807) is 24.3 Å². The van der Waals surface area contributed by atoms with Crippen molar-refractivity contribution >= 4 is 17.5 Å². The molecule has 2 aliphatic heterocycles. The van der Waals surface area contributed by atoms with Crippen LogP contribution in [0.25, 0.3) is 0 Å². The molecular weight excluding hydrogens is 334 g/mol. The van der Waals surface area contributed by atoms with Gasteiger partial charge < -0.3 is 20.1 Å². The fourth-order valence-corrected chi connectivity index (χ4v) is 3.57. The summed E-state index contributed by atoms with van der Waals surface area (Å²) in [6, 6.07) is 6.56. The molecule has 0 saturated carbocycles. The second kappa shape index (κ2) is 8.51. The van der Waals surface area contributed by atoms with Crippen LogP contribution in [0.15, 0.2) is 24.3 Å². The molecule has 7 nitrogen and oxygen atoms in total. The van der Waals surface area contributed by atoms with E-state index >= 15 is 0 Å². The summed E-state index contributed by atoms with van der Waals surface area (Å²) in [4.78, 5) is 29.1. The van der Waals surface area contributed by atoms with E-state index in [-0.39, 0.29) is 29.5 Å².